The van der Waals surface area contributed by atoms with Crippen LogP contribution in [0.4, 0.5) is 0 Å². The van der Waals surface area contributed by atoms with Crippen LogP contribution < -0.4 is 15.4 Å². The summed E-state index contributed by atoms with van der Waals surface area (Å²) in [6.45, 7) is 7.40. The molecule has 0 aliphatic rings. The summed E-state index contributed by atoms with van der Waals surface area (Å²) in [5.74, 6) is 0.786. The van der Waals surface area contributed by atoms with Crippen LogP contribution in [0.3, 0.4) is 0 Å². The molecule has 0 aliphatic carbocycles. The van der Waals surface area contributed by atoms with Gasteiger partial charge in [0.2, 0.25) is 10.0 Å². The first kappa shape index (κ1) is 26.1. The highest BCUT2D eigenvalue weighted by Gasteiger charge is 2.12. The molecular formula is C19H35IN4O2S. The number of benzene rings is 1. The van der Waals surface area contributed by atoms with Crippen molar-refractivity contribution in [1.29, 1.82) is 0 Å². The molecule has 6 nitrogen and oxygen atoms in total. The Labute approximate surface area is 182 Å². The summed E-state index contributed by atoms with van der Waals surface area (Å²) in [6.07, 6.45) is 4.87. The minimum Gasteiger partial charge on any atom is -0.356 e. The lowest BCUT2D eigenvalue weighted by atomic mass is 10.1. The van der Waals surface area contributed by atoms with Gasteiger partial charge in [-0.3, -0.25) is 4.99 Å². The molecular weight excluding hydrogens is 475 g/mol. The molecule has 0 radical (unpaired) electrons. The molecule has 0 fully saturated rings. The Morgan fingerprint density at radius 3 is 2.22 bits per heavy atom. The van der Waals surface area contributed by atoms with Crippen molar-refractivity contribution in [2.24, 2.45) is 4.99 Å². The lowest BCUT2D eigenvalue weighted by molar-refractivity contribution is 0.569. The van der Waals surface area contributed by atoms with Gasteiger partial charge in [0, 0.05) is 26.2 Å². The number of hydrogen-bond acceptors (Lipinski definition) is 3. The molecule has 1 aromatic carbocycles. The average Bonchev–Trinajstić information content (AvgIpc) is 2.57. The van der Waals surface area contributed by atoms with Crippen molar-refractivity contribution in [2.75, 3.05) is 13.6 Å². The van der Waals surface area contributed by atoms with Crippen molar-refractivity contribution in [3.63, 3.8) is 0 Å². The predicted molar refractivity (Wildman–Crippen MR) is 125 cm³/mol. The average molecular weight is 510 g/mol. The molecule has 0 saturated heterocycles. The van der Waals surface area contributed by atoms with Crippen LogP contribution in [0.5, 0.6) is 0 Å². The molecule has 0 amide bonds. The summed E-state index contributed by atoms with van der Waals surface area (Å²) in [5, 5.41) is 6.59. The number of guanidine groups is 1. The number of nitrogens with zero attached hydrogens (tertiary/aromatic N) is 1. The van der Waals surface area contributed by atoms with E-state index in [1.165, 1.54) is 19.3 Å². The van der Waals surface area contributed by atoms with E-state index in [4.69, 9.17) is 0 Å². The standard InChI is InChI=1S/C19H34N4O2S.HI/c1-5-6-7-8-13-21-19(20-4)22-14-17-9-11-18(12-10-17)15-26(24,25)23-16(2)3;/h9-12,16,23H,5-8,13-15H2,1-4H3,(H2,20,21,22);1H. The molecule has 0 atom stereocenters. The highest BCUT2D eigenvalue weighted by molar-refractivity contribution is 14.0. The Morgan fingerprint density at radius 2 is 1.67 bits per heavy atom. The second-order valence-electron chi connectivity index (χ2n) is 6.76. The van der Waals surface area contributed by atoms with Crippen molar-refractivity contribution >= 4 is 40.0 Å². The Bertz CT molecular complexity index is 646. The van der Waals surface area contributed by atoms with Crippen LogP contribution >= 0.6 is 24.0 Å². The van der Waals surface area contributed by atoms with E-state index in [2.05, 4.69) is 27.3 Å². The fraction of sp³-hybridized carbons (Fsp3) is 0.632. The van der Waals surface area contributed by atoms with Crippen molar-refractivity contribution in [1.82, 2.24) is 15.4 Å². The molecule has 8 heteroatoms. The van der Waals surface area contributed by atoms with Gasteiger partial charge in [-0.2, -0.15) is 0 Å². The Kier molecular flexibility index (Phi) is 13.7. The number of nitrogens with one attached hydrogen (secondary N) is 3. The highest BCUT2D eigenvalue weighted by Crippen LogP contribution is 2.08. The molecule has 156 valence electrons. The molecule has 3 N–H and O–H groups in total. The van der Waals surface area contributed by atoms with Gasteiger partial charge >= 0.3 is 0 Å². The number of unbranched alkanes of at least 4 members (excludes halogenated alkanes) is 3. The molecule has 0 unspecified atom stereocenters. The van der Waals surface area contributed by atoms with Crippen molar-refractivity contribution in [2.45, 2.75) is 64.8 Å². The van der Waals surface area contributed by atoms with Crippen molar-refractivity contribution in [3.05, 3.63) is 35.4 Å². The highest BCUT2D eigenvalue weighted by atomic mass is 127. The van der Waals surface area contributed by atoms with Crippen LogP contribution in [0.2, 0.25) is 0 Å². The van der Waals surface area contributed by atoms with Gasteiger partial charge < -0.3 is 10.6 Å². The third-order valence-corrected chi connectivity index (χ3v) is 5.35. The van der Waals surface area contributed by atoms with Gasteiger partial charge in [-0.15, -0.1) is 24.0 Å². The summed E-state index contributed by atoms with van der Waals surface area (Å²) < 4.78 is 26.5. The second kappa shape index (κ2) is 14.2. The van der Waals surface area contributed by atoms with Crippen LogP contribution in [0, 0.1) is 0 Å². The van der Waals surface area contributed by atoms with E-state index in [0.29, 0.717) is 6.54 Å². The van der Waals surface area contributed by atoms with Crippen LogP contribution in [-0.4, -0.2) is 34.0 Å². The van der Waals surface area contributed by atoms with Crippen molar-refractivity contribution in [3.8, 4) is 0 Å². The normalized spacial score (nSPS) is 12.0. The monoisotopic (exact) mass is 510 g/mol. The fourth-order valence-corrected chi connectivity index (χ4v) is 3.97. The minimum atomic E-state index is -3.29. The summed E-state index contributed by atoms with van der Waals surface area (Å²) in [6, 6.07) is 7.52. The van der Waals surface area contributed by atoms with E-state index in [1.54, 1.807) is 7.05 Å². The number of aliphatic imine (C=N–C) groups is 1. The summed E-state index contributed by atoms with van der Waals surface area (Å²) in [5.41, 5.74) is 1.86. The quantitative estimate of drug-likeness (QED) is 0.185. The Morgan fingerprint density at radius 1 is 1.04 bits per heavy atom. The number of halogens is 1. The summed E-state index contributed by atoms with van der Waals surface area (Å²) >= 11 is 0. The van der Waals surface area contributed by atoms with Crippen LogP contribution in [0.1, 0.15) is 57.6 Å². The SMILES string of the molecule is CCCCCCNC(=NC)NCc1ccc(CS(=O)(=O)NC(C)C)cc1.I. The molecule has 0 bridgehead atoms. The Balaban J connectivity index is 0.00000676. The zero-order chi connectivity index (χ0) is 19.4. The summed E-state index contributed by atoms with van der Waals surface area (Å²) in [7, 11) is -1.53. The number of hydrogen-bond donors (Lipinski definition) is 3. The molecule has 0 heterocycles. The maximum Gasteiger partial charge on any atom is 0.216 e. The minimum absolute atomic E-state index is 0. The lowest BCUT2D eigenvalue weighted by Crippen LogP contribution is -2.37. The van der Waals surface area contributed by atoms with Crippen molar-refractivity contribution < 1.29 is 8.42 Å². The van der Waals surface area contributed by atoms with Gasteiger partial charge in [0.05, 0.1) is 5.75 Å². The van der Waals surface area contributed by atoms with Crippen LogP contribution in [0.25, 0.3) is 0 Å². The zero-order valence-electron chi connectivity index (χ0n) is 16.9. The largest absolute Gasteiger partial charge is 0.356 e. The first-order valence-corrected chi connectivity index (χ1v) is 11.0. The van der Waals surface area contributed by atoms with Gasteiger partial charge in [-0.1, -0.05) is 50.5 Å². The van der Waals surface area contributed by atoms with Gasteiger partial charge in [-0.25, -0.2) is 13.1 Å². The Hall–Kier alpha value is -0.870. The van der Waals surface area contributed by atoms with Gasteiger partial charge in [0.1, 0.15) is 0 Å². The first-order chi connectivity index (χ1) is 12.4. The van der Waals surface area contributed by atoms with Gasteiger partial charge in [0.25, 0.3) is 0 Å². The van der Waals surface area contributed by atoms with Crippen LogP contribution in [0.15, 0.2) is 29.3 Å². The lowest BCUT2D eigenvalue weighted by Gasteiger charge is -2.12. The molecule has 0 spiro atoms. The molecule has 0 aromatic heterocycles. The second-order valence-corrected chi connectivity index (χ2v) is 8.52. The maximum absolute atomic E-state index is 12.0. The number of sulfonamides is 1. The van der Waals surface area contributed by atoms with Gasteiger partial charge in [0.15, 0.2) is 5.96 Å². The topological polar surface area (TPSA) is 82.6 Å². The van der Waals surface area contributed by atoms with Gasteiger partial charge in [-0.05, 0) is 31.4 Å². The van der Waals surface area contributed by atoms with E-state index < -0.39 is 10.0 Å². The zero-order valence-corrected chi connectivity index (χ0v) is 20.1. The molecule has 1 rings (SSSR count). The van der Waals surface area contributed by atoms with E-state index in [-0.39, 0.29) is 35.8 Å². The predicted octanol–water partition coefficient (Wildman–Crippen LogP) is 3.38. The molecule has 0 aliphatic heterocycles. The van der Waals surface area contributed by atoms with E-state index >= 15 is 0 Å². The molecule has 1 aromatic rings. The first-order valence-electron chi connectivity index (χ1n) is 9.38. The molecule has 0 saturated carbocycles. The molecule has 27 heavy (non-hydrogen) atoms. The fourth-order valence-electron chi connectivity index (χ4n) is 2.54. The number of rotatable bonds is 11. The smallest absolute Gasteiger partial charge is 0.216 e. The van der Waals surface area contributed by atoms with E-state index in [1.807, 2.05) is 38.1 Å². The van der Waals surface area contributed by atoms with E-state index in [0.717, 1.165) is 30.1 Å². The summed E-state index contributed by atoms with van der Waals surface area (Å²) in [4.78, 5) is 4.22. The van der Waals surface area contributed by atoms with Crippen LogP contribution in [-0.2, 0) is 22.3 Å². The van der Waals surface area contributed by atoms with E-state index in [9.17, 15) is 8.42 Å². The third kappa shape index (κ3) is 12.2. The maximum atomic E-state index is 12.0. The third-order valence-electron chi connectivity index (χ3n) is 3.80.